The fraction of sp³-hybridized carbons (Fsp3) is 0.611. The molecular formula is C18H28N3S+. The second-order valence-corrected chi connectivity index (χ2v) is 7.22. The van der Waals surface area contributed by atoms with E-state index in [1.807, 2.05) is 6.07 Å². The van der Waals surface area contributed by atoms with Crippen LogP contribution < -0.4 is 15.5 Å². The zero-order chi connectivity index (χ0) is 15.4. The Bertz CT molecular complexity index is 490. The number of thiocarbonyl (C=S) groups is 1. The summed E-state index contributed by atoms with van der Waals surface area (Å²) in [7, 11) is 0. The Morgan fingerprint density at radius 3 is 2.77 bits per heavy atom. The van der Waals surface area contributed by atoms with Gasteiger partial charge in [0.25, 0.3) is 0 Å². The third-order valence-corrected chi connectivity index (χ3v) is 5.81. The van der Waals surface area contributed by atoms with E-state index >= 15 is 0 Å². The van der Waals surface area contributed by atoms with Gasteiger partial charge in [-0.15, -0.1) is 0 Å². The standard InChI is InChI=1S/C18H27N3S/c1-2-15-13-21-9-8-16(15)10-17(21)12-20-18(22)19-11-14-6-4-3-5-7-14/h3-7,15-17H,2,8-13H2,1H3,(H2,19,20,22)/p+1/t15-,16-,17+/m0/s1. The second-order valence-electron chi connectivity index (χ2n) is 6.81. The van der Waals surface area contributed by atoms with Crippen molar-refractivity contribution in [3.8, 4) is 0 Å². The zero-order valence-electron chi connectivity index (χ0n) is 13.5. The molecule has 0 radical (unpaired) electrons. The largest absolute Gasteiger partial charge is 0.359 e. The Morgan fingerprint density at radius 2 is 2.09 bits per heavy atom. The van der Waals surface area contributed by atoms with Crippen molar-refractivity contribution in [2.45, 2.75) is 38.8 Å². The number of fused-ring (bicyclic) bond motifs is 3. The van der Waals surface area contributed by atoms with Crippen molar-refractivity contribution in [3.05, 3.63) is 35.9 Å². The van der Waals surface area contributed by atoms with Gasteiger partial charge >= 0.3 is 0 Å². The van der Waals surface area contributed by atoms with Crippen molar-refractivity contribution in [2.75, 3.05) is 19.6 Å². The van der Waals surface area contributed by atoms with Gasteiger partial charge in [-0.3, -0.25) is 0 Å². The maximum Gasteiger partial charge on any atom is 0.166 e. The Balaban J connectivity index is 1.40. The minimum absolute atomic E-state index is 0.748. The average Bonchev–Trinajstić information content (AvgIpc) is 2.59. The van der Waals surface area contributed by atoms with Crippen LogP contribution in [0.25, 0.3) is 0 Å². The van der Waals surface area contributed by atoms with E-state index in [-0.39, 0.29) is 0 Å². The number of nitrogens with one attached hydrogen (secondary N) is 3. The quantitative estimate of drug-likeness (QED) is 0.716. The Morgan fingerprint density at radius 1 is 1.27 bits per heavy atom. The molecule has 1 aromatic rings. The topological polar surface area (TPSA) is 28.5 Å². The number of piperidine rings is 3. The molecule has 4 rings (SSSR count). The first-order chi connectivity index (χ1) is 10.8. The Hall–Kier alpha value is -1.13. The summed E-state index contributed by atoms with van der Waals surface area (Å²) in [6.45, 7) is 6.90. The number of quaternary nitrogens is 1. The highest BCUT2D eigenvalue weighted by Crippen LogP contribution is 2.28. The van der Waals surface area contributed by atoms with Crippen LogP contribution >= 0.6 is 12.2 Å². The molecular weight excluding hydrogens is 290 g/mol. The van der Waals surface area contributed by atoms with E-state index in [2.05, 4.69) is 41.8 Å². The molecule has 0 saturated carbocycles. The maximum absolute atomic E-state index is 5.42. The molecule has 1 unspecified atom stereocenters. The van der Waals surface area contributed by atoms with Crippen molar-refractivity contribution in [3.63, 3.8) is 0 Å². The molecule has 3 N–H and O–H groups in total. The molecule has 0 aliphatic carbocycles. The van der Waals surface area contributed by atoms with Crippen LogP contribution in [0.15, 0.2) is 30.3 Å². The van der Waals surface area contributed by atoms with E-state index in [1.165, 1.54) is 37.9 Å². The smallest absolute Gasteiger partial charge is 0.166 e. The molecule has 1 aromatic carbocycles. The van der Waals surface area contributed by atoms with Crippen molar-refractivity contribution in [1.82, 2.24) is 10.6 Å². The lowest BCUT2D eigenvalue weighted by Crippen LogP contribution is -3.20. The third-order valence-electron chi connectivity index (χ3n) is 5.52. The van der Waals surface area contributed by atoms with Gasteiger partial charge in [-0.2, -0.15) is 0 Å². The lowest BCUT2D eigenvalue weighted by Gasteiger charge is -2.46. The van der Waals surface area contributed by atoms with E-state index in [9.17, 15) is 0 Å². The minimum Gasteiger partial charge on any atom is -0.359 e. The van der Waals surface area contributed by atoms with E-state index in [0.717, 1.165) is 36.1 Å². The van der Waals surface area contributed by atoms with Crippen molar-refractivity contribution in [2.24, 2.45) is 11.8 Å². The summed E-state index contributed by atoms with van der Waals surface area (Å²) in [4.78, 5) is 1.80. The third kappa shape index (κ3) is 3.79. The molecule has 3 aliphatic heterocycles. The molecule has 0 aromatic heterocycles. The molecule has 3 saturated heterocycles. The van der Waals surface area contributed by atoms with Crippen molar-refractivity contribution in [1.29, 1.82) is 0 Å². The molecule has 4 atom stereocenters. The SMILES string of the molecule is CC[C@H]1C[NH+]2CC[C@H]1C[C@@H]2CNC(=S)NCc1ccccc1. The number of rotatable bonds is 5. The molecule has 0 amide bonds. The van der Waals surface area contributed by atoms with E-state index < -0.39 is 0 Å². The lowest BCUT2D eigenvalue weighted by molar-refractivity contribution is -0.945. The van der Waals surface area contributed by atoms with Crippen LogP contribution in [0, 0.1) is 11.8 Å². The first-order valence-corrected chi connectivity index (χ1v) is 9.07. The molecule has 120 valence electrons. The monoisotopic (exact) mass is 318 g/mol. The highest BCUT2D eigenvalue weighted by molar-refractivity contribution is 7.80. The molecule has 3 nitrogen and oxygen atoms in total. The second kappa shape index (κ2) is 7.42. The molecule has 22 heavy (non-hydrogen) atoms. The summed E-state index contributed by atoms with van der Waals surface area (Å²) in [6.07, 6.45) is 4.16. The number of benzene rings is 1. The van der Waals surface area contributed by atoms with Gasteiger partial charge in [0.1, 0.15) is 6.04 Å². The summed E-state index contributed by atoms with van der Waals surface area (Å²) >= 11 is 5.42. The lowest BCUT2D eigenvalue weighted by atomic mass is 9.74. The van der Waals surface area contributed by atoms with Gasteiger partial charge in [0.2, 0.25) is 0 Å². The van der Waals surface area contributed by atoms with Gasteiger partial charge in [0, 0.05) is 25.3 Å². The summed E-state index contributed by atoms with van der Waals surface area (Å²) in [5.41, 5.74) is 1.27. The average molecular weight is 319 g/mol. The summed E-state index contributed by atoms with van der Waals surface area (Å²) in [5, 5.41) is 7.54. The summed E-state index contributed by atoms with van der Waals surface area (Å²) in [5.74, 6) is 1.92. The summed E-state index contributed by atoms with van der Waals surface area (Å²) < 4.78 is 0. The first kappa shape index (κ1) is 15.8. The van der Waals surface area contributed by atoms with Crippen LogP contribution in [0.4, 0.5) is 0 Å². The first-order valence-electron chi connectivity index (χ1n) is 8.66. The van der Waals surface area contributed by atoms with Gasteiger partial charge in [-0.1, -0.05) is 37.3 Å². The van der Waals surface area contributed by atoms with Crippen LogP contribution in [-0.2, 0) is 6.54 Å². The fourth-order valence-corrected chi connectivity index (χ4v) is 4.34. The van der Waals surface area contributed by atoms with Crippen LogP contribution in [0.1, 0.15) is 31.7 Å². The molecule has 3 heterocycles. The zero-order valence-corrected chi connectivity index (χ0v) is 14.3. The fourth-order valence-electron chi connectivity index (χ4n) is 4.19. The predicted octanol–water partition coefficient (Wildman–Crippen LogP) is 1.35. The summed E-state index contributed by atoms with van der Waals surface area (Å²) in [6, 6.07) is 11.2. The highest BCUT2D eigenvalue weighted by atomic mass is 32.1. The van der Waals surface area contributed by atoms with Crippen LogP contribution in [0.2, 0.25) is 0 Å². The molecule has 3 fully saturated rings. The van der Waals surface area contributed by atoms with E-state index in [4.69, 9.17) is 12.2 Å². The Kier molecular flexibility index (Phi) is 5.32. The predicted molar refractivity (Wildman–Crippen MR) is 94.9 cm³/mol. The molecule has 3 aliphatic rings. The Labute approximate surface area is 139 Å². The van der Waals surface area contributed by atoms with Gasteiger partial charge < -0.3 is 15.5 Å². The van der Waals surface area contributed by atoms with E-state index in [1.54, 1.807) is 4.90 Å². The van der Waals surface area contributed by atoms with Crippen molar-refractivity contribution >= 4 is 17.3 Å². The van der Waals surface area contributed by atoms with Crippen LogP contribution in [0.3, 0.4) is 0 Å². The van der Waals surface area contributed by atoms with Gasteiger partial charge in [0.15, 0.2) is 5.11 Å². The molecule has 0 spiro atoms. The molecule has 2 bridgehead atoms. The maximum atomic E-state index is 5.42. The van der Waals surface area contributed by atoms with Gasteiger partial charge in [0.05, 0.1) is 19.6 Å². The number of hydrogen-bond acceptors (Lipinski definition) is 1. The van der Waals surface area contributed by atoms with Crippen molar-refractivity contribution < 1.29 is 4.90 Å². The molecule has 4 heteroatoms. The minimum atomic E-state index is 0.748. The van der Waals surface area contributed by atoms with Crippen LogP contribution in [0.5, 0.6) is 0 Å². The van der Waals surface area contributed by atoms with Gasteiger partial charge in [-0.25, -0.2) is 0 Å². The normalized spacial score (nSPS) is 30.0. The van der Waals surface area contributed by atoms with E-state index in [0.29, 0.717) is 0 Å². The number of hydrogen-bond donors (Lipinski definition) is 3. The van der Waals surface area contributed by atoms with Gasteiger partial charge in [-0.05, 0) is 30.1 Å². The highest BCUT2D eigenvalue weighted by Gasteiger charge is 2.42. The van der Waals surface area contributed by atoms with Crippen LogP contribution in [-0.4, -0.2) is 30.8 Å².